The first kappa shape index (κ1) is 18.9. The number of benzene rings is 2. The van der Waals surface area contributed by atoms with Gasteiger partial charge < -0.3 is 10.6 Å². The van der Waals surface area contributed by atoms with Crippen LogP contribution in [0.1, 0.15) is 30.0 Å². The van der Waals surface area contributed by atoms with Crippen molar-refractivity contribution in [1.82, 2.24) is 10.2 Å². The lowest BCUT2D eigenvalue weighted by Crippen LogP contribution is -2.42. The lowest BCUT2D eigenvalue weighted by molar-refractivity contribution is -0.133. The van der Waals surface area contributed by atoms with E-state index in [4.69, 9.17) is 0 Å². The number of amides is 4. The lowest BCUT2D eigenvalue weighted by atomic mass is 9.89. The highest BCUT2D eigenvalue weighted by atomic mass is 127. The molecule has 0 saturated carbocycles. The number of nitrogens with zero attached hydrogens (tertiary/aromatic N) is 1. The standard InChI is InChI=1S/C21H20IN3O3/c1-21(15-9-8-13-4-2-5-14(13)10-15)19(27)25(20(28)24-21)12-18(26)23-17-7-3-6-16(22)11-17/h3,6-11H,2,4-5,12H2,1H3,(H,23,26)(H,24,28). The van der Waals surface area contributed by atoms with Crippen molar-refractivity contribution in [2.45, 2.75) is 31.7 Å². The first-order chi connectivity index (χ1) is 13.4. The summed E-state index contributed by atoms with van der Waals surface area (Å²) in [7, 11) is 0. The number of hydrogen-bond donors (Lipinski definition) is 2. The van der Waals surface area contributed by atoms with Gasteiger partial charge in [0.2, 0.25) is 5.91 Å². The highest BCUT2D eigenvalue weighted by Gasteiger charge is 2.49. The van der Waals surface area contributed by atoms with Gasteiger partial charge in [-0.3, -0.25) is 14.5 Å². The zero-order chi connectivity index (χ0) is 19.9. The van der Waals surface area contributed by atoms with Crippen molar-refractivity contribution in [3.8, 4) is 0 Å². The number of nitrogens with one attached hydrogen (secondary N) is 2. The molecule has 2 N–H and O–H groups in total. The smallest absolute Gasteiger partial charge is 0.324 e. The van der Waals surface area contributed by atoms with Gasteiger partial charge in [0.1, 0.15) is 12.1 Å². The van der Waals surface area contributed by atoms with Gasteiger partial charge >= 0.3 is 6.03 Å². The van der Waals surface area contributed by atoms with Crippen LogP contribution in [0.2, 0.25) is 0 Å². The summed E-state index contributed by atoms with van der Waals surface area (Å²) in [5.74, 6) is -0.822. The van der Waals surface area contributed by atoms with Crippen LogP contribution in [0.5, 0.6) is 0 Å². The van der Waals surface area contributed by atoms with E-state index in [1.54, 1.807) is 13.0 Å². The molecule has 2 aliphatic rings. The van der Waals surface area contributed by atoms with Crippen LogP contribution in [0.15, 0.2) is 42.5 Å². The molecule has 7 heteroatoms. The average Bonchev–Trinajstić information content (AvgIpc) is 3.20. The monoisotopic (exact) mass is 489 g/mol. The Kier molecular flexibility index (Phi) is 4.86. The molecule has 1 heterocycles. The Morgan fingerprint density at radius 2 is 1.96 bits per heavy atom. The number of anilines is 1. The summed E-state index contributed by atoms with van der Waals surface area (Å²) in [6, 6.07) is 12.7. The molecule has 6 nitrogen and oxygen atoms in total. The molecule has 1 aliphatic carbocycles. The van der Waals surface area contributed by atoms with Crippen LogP contribution in [-0.4, -0.2) is 29.3 Å². The zero-order valence-corrected chi connectivity index (χ0v) is 17.6. The van der Waals surface area contributed by atoms with E-state index in [1.807, 2.05) is 36.4 Å². The molecule has 1 atom stereocenters. The van der Waals surface area contributed by atoms with Gasteiger partial charge in [0.15, 0.2) is 0 Å². The van der Waals surface area contributed by atoms with Gasteiger partial charge in [-0.05, 0) is 83.7 Å². The molecule has 144 valence electrons. The maximum absolute atomic E-state index is 13.0. The van der Waals surface area contributed by atoms with E-state index < -0.39 is 23.4 Å². The topological polar surface area (TPSA) is 78.5 Å². The van der Waals surface area contributed by atoms with Crippen LogP contribution >= 0.6 is 22.6 Å². The minimum atomic E-state index is -1.16. The SMILES string of the molecule is CC1(c2ccc3c(c2)CCC3)NC(=O)N(CC(=O)Nc2cccc(I)c2)C1=O. The predicted molar refractivity (Wildman–Crippen MR) is 114 cm³/mol. The molecule has 0 aromatic heterocycles. The second kappa shape index (κ2) is 7.20. The summed E-state index contributed by atoms with van der Waals surface area (Å²) in [4.78, 5) is 38.9. The van der Waals surface area contributed by atoms with E-state index in [0.717, 1.165) is 33.3 Å². The first-order valence-corrected chi connectivity index (χ1v) is 10.3. The number of rotatable bonds is 4. The van der Waals surface area contributed by atoms with Crippen molar-refractivity contribution in [1.29, 1.82) is 0 Å². The maximum atomic E-state index is 13.0. The minimum absolute atomic E-state index is 0.323. The Hall–Kier alpha value is -2.42. The normalized spacial score (nSPS) is 20.9. The fourth-order valence-corrected chi connectivity index (χ4v) is 4.37. The molecule has 1 fully saturated rings. The summed E-state index contributed by atoms with van der Waals surface area (Å²) in [6.45, 7) is 1.37. The molecule has 0 spiro atoms. The number of imide groups is 1. The Balaban J connectivity index is 1.51. The lowest BCUT2D eigenvalue weighted by Gasteiger charge is -2.23. The molecule has 1 unspecified atom stereocenters. The van der Waals surface area contributed by atoms with Crippen LogP contribution < -0.4 is 10.6 Å². The molecule has 1 saturated heterocycles. The second-order valence-electron chi connectivity index (χ2n) is 7.34. The highest BCUT2D eigenvalue weighted by molar-refractivity contribution is 14.1. The van der Waals surface area contributed by atoms with Crippen molar-refractivity contribution in [2.24, 2.45) is 0 Å². The van der Waals surface area contributed by atoms with Gasteiger partial charge in [0.05, 0.1) is 0 Å². The van der Waals surface area contributed by atoms with E-state index in [2.05, 4.69) is 33.2 Å². The summed E-state index contributed by atoms with van der Waals surface area (Å²) in [5.41, 5.74) is 2.77. The fourth-order valence-electron chi connectivity index (χ4n) is 3.83. The van der Waals surface area contributed by atoms with Crippen LogP contribution in [0.25, 0.3) is 0 Å². The molecule has 4 rings (SSSR count). The Labute approximate surface area is 176 Å². The van der Waals surface area contributed by atoms with Crippen LogP contribution in [0.3, 0.4) is 0 Å². The molecular formula is C21H20IN3O3. The van der Waals surface area contributed by atoms with Crippen molar-refractivity contribution in [3.63, 3.8) is 0 Å². The molecule has 1 aliphatic heterocycles. The third-order valence-corrected chi connectivity index (χ3v) is 6.03. The molecule has 4 amide bonds. The van der Waals surface area contributed by atoms with Gasteiger partial charge in [0.25, 0.3) is 5.91 Å². The number of halogens is 1. The Morgan fingerprint density at radius 3 is 2.75 bits per heavy atom. The highest BCUT2D eigenvalue weighted by Crippen LogP contribution is 2.32. The van der Waals surface area contributed by atoms with Crippen molar-refractivity contribution in [2.75, 3.05) is 11.9 Å². The molecule has 0 radical (unpaired) electrons. The van der Waals surface area contributed by atoms with Crippen molar-refractivity contribution in [3.05, 3.63) is 62.7 Å². The average molecular weight is 489 g/mol. The summed E-state index contributed by atoms with van der Waals surface area (Å²) >= 11 is 2.15. The van der Waals surface area contributed by atoms with Gasteiger partial charge in [-0.1, -0.05) is 24.3 Å². The summed E-state index contributed by atoms with van der Waals surface area (Å²) < 4.78 is 0.981. The van der Waals surface area contributed by atoms with E-state index in [-0.39, 0.29) is 6.54 Å². The Morgan fingerprint density at radius 1 is 1.18 bits per heavy atom. The van der Waals surface area contributed by atoms with Gasteiger partial charge in [-0.2, -0.15) is 0 Å². The number of aryl methyl sites for hydroxylation is 2. The summed E-state index contributed by atoms with van der Waals surface area (Å²) in [5, 5.41) is 5.51. The number of urea groups is 1. The molecule has 2 aromatic rings. The van der Waals surface area contributed by atoms with E-state index in [1.165, 1.54) is 11.1 Å². The predicted octanol–water partition coefficient (Wildman–Crippen LogP) is 3.19. The zero-order valence-electron chi connectivity index (χ0n) is 15.4. The maximum Gasteiger partial charge on any atom is 0.325 e. The van der Waals surface area contributed by atoms with Gasteiger partial charge in [-0.15, -0.1) is 0 Å². The van der Waals surface area contributed by atoms with Crippen molar-refractivity contribution >= 4 is 46.1 Å². The quantitative estimate of drug-likeness (QED) is 0.512. The van der Waals surface area contributed by atoms with Crippen molar-refractivity contribution < 1.29 is 14.4 Å². The number of carbonyl (C=O) groups is 3. The van der Waals surface area contributed by atoms with Gasteiger partial charge in [0, 0.05) is 9.26 Å². The number of carbonyl (C=O) groups excluding carboxylic acids is 3. The third-order valence-electron chi connectivity index (χ3n) is 5.36. The van der Waals surface area contributed by atoms with Gasteiger partial charge in [-0.25, -0.2) is 4.79 Å². The molecule has 2 aromatic carbocycles. The van der Waals surface area contributed by atoms with E-state index >= 15 is 0 Å². The fraction of sp³-hybridized carbons (Fsp3) is 0.286. The second-order valence-corrected chi connectivity index (χ2v) is 8.59. The van der Waals surface area contributed by atoms with E-state index in [0.29, 0.717) is 5.69 Å². The Bertz CT molecular complexity index is 991. The molecular weight excluding hydrogens is 469 g/mol. The van der Waals surface area contributed by atoms with E-state index in [9.17, 15) is 14.4 Å². The number of fused-ring (bicyclic) bond motifs is 1. The first-order valence-electron chi connectivity index (χ1n) is 9.18. The summed E-state index contributed by atoms with van der Waals surface area (Å²) in [6.07, 6.45) is 3.15. The number of hydrogen-bond acceptors (Lipinski definition) is 3. The molecule has 0 bridgehead atoms. The minimum Gasteiger partial charge on any atom is -0.324 e. The third kappa shape index (κ3) is 3.39. The molecule has 28 heavy (non-hydrogen) atoms. The largest absolute Gasteiger partial charge is 0.325 e. The van der Waals surface area contributed by atoms with Crippen LogP contribution in [0, 0.1) is 3.57 Å². The van der Waals surface area contributed by atoms with Crippen LogP contribution in [0.4, 0.5) is 10.5 Å². The van der Waals surface area contributed by atoms with Crippen LogP contribution in [-0.2, 0) is 28.0 Å².